The van der Waals surface area contributed by atoms with E-state index in [2.05, 4.69) is 14.9 Å². The van der Waals surface area contributed by atoms with Gasteiger partial charge in [-0.05, 0) is 36.6 Å². The number of benzene rings is 1. The predicted octanol–water partition coefficient (Wildman–Crippen LogP) is 3.21. The van der Waals surface area contributed by atoms with Gasteiger partial charge in [-0.3, -0.25) is 4.79 Å². The van der Waals surface area contributed by atoms with E-state index in [0.29, 0.717) is 22.9 Å². The van der Waals surface area contributed by atoms with Gasteiger partial charge in [-0.25, -0.2) is 9.97 Å². The molecule has 2 aliphatic heterocycles. The van der Waals surface area contributed by atoms with Crippen LogP contribution in [0.15, 0.2) is 36.7 Å². The van der Waals surface area contributed by atoms with Crippen LogP contribution in [0, 0.1) is 0 Å². The van der Waals surface area contributed by atoms with Crippen LogP contribution in [0.1, 0.15) is 18.4 Å². The third kappa shape index (κ3) is 3.07. The average molecular weight is 377 g/mol. The van der Waals surface area contributed by atoms with Crippen molar-refractivity contribution >= 4 is 35.1 Å². The molecule has 0 unspecified atom stereocenters. The molecule has 0 N–H and O–H groups in total. The predicted molar refractivity (Wildman–Crippen MR) is 98.1 cm³/mol. The van der Waals surface area contributed by atoms with Crippen molar-refractivity contribution in [3.63, 3.8) is 0 Å². The summed E-state index contributed by atoms with van der Waals surface area (Å²) in [5.74, 6) is 0.922. The summed E-state index contributed by atoms with van der Waals surface area (Å²) in [5.41, 5.74) is 0.993. The molecule has 1 aromatic heterocycles. The lowest BCUT2D eigenvalue weighted by molar-refractivity contribution is -0.140. The molecule has 3 heterocycles. The summed E-state index contributed by atoms with van der Waals surface area (Å²) in [7, 11) is 0. The molecule has 25 heavy (non-hydrogen) atoms. The van der Waals surface area contributed by atoms with Crippen molar-refractivity contribution in [2.75, 3.05) is 24.5 Å². The van der Waals surface area contributed by atoms with Gasteiger partial charge in [0.15, 0.2) is 0 Å². The highest BCUT2D eigenvalue weighted by Crippen LogP contribution is 2.41. The van der Waals surface area contributed by atoms with E-state index in [4.69, 9.17) is 23.2 Å². The van der Waals surface area contributed by atoms with Crippen LogP contribution in [0.4, 0.5) is 5.95 Å². The van der Waals surface area contributed by atoms with E-state index >= 15 is 0 Å². The maximum atomic E-state index is 12.5. The minimum atomic E-state index is 0.0366. The van der Waals surface area contributed by atoms with Crippen LogP contribution in [0.25, 0.3) is 0 Å². The zero-order chi connectivity index (χ0) is 17.4. The number of halogens is 2. The van der Waals surface area contributed by atoms with E-state index in [-0.39, 0.29) is 11.4 Å². The molecular weight excluding hydrogens is 359 g/mol. The molecular formula is C18H18Cl2N4O. The fourth-order valence-corrected chi connectivity index (χ4v) is 4.08. The van der Waals surface area contributed by atoms with Crippen molar-refractivity contribution in [1.29, 1.82) is 0 Å². The molecule has 0 atom stereocenters. The van der Waals surface area contributed by atoms with Crippen molar-refractivity contribution in [2.24, 2.45) is 0 Å². The molecule has 2 fully saturated rings. The Bertz CT molecular complexity index is 793. The Morgan fingerprint density at radius 1 is 1.20 bits per heavy atom. The summed E-state index contributed by atoms with van der Waals surface area (Å²) in [6.45, 7) is 2.45. The van der Waals surface area contributed by atoms with E-state index < -0.39 is 0 Å². The van der Waals surface area contributed by atoms with Gasteiger partial charge in [-0.1, -0.05) is 29.3 Å². The van der Waals surface area contributed by atoms with Crippen LogP contribution >= 0.6 is 23.2 Å². The molecule has 2 aliphatic rings. The van der Waals surface area contributed by atoms with Crippen molar-refractivity contribution < 1.29 is 4.79 Å². The Morgan fingerprint density at radius 3 is 2.60 bits per heavy atom. The van der Waals surface area contributed by atoms with Crippen molar-refractivity contribution in [2.45, 2.75) is 24.8 Å². The van der Waals surface area contributed by atoms with Gasteiger partial charge >= 0.3 is 0 Å². The smallest absolute Gasteiger partial charge is 0.225 e. The highest BCUT2D eigenvalue weighted by molar-refractivity contribution is 6.35. The average Bonchev–Trinajstić information content (AvgIpc) is 2.53. The van der Waals surface area contributed by atoms with Crippen LogP contribution in [0.2, 0.25) is 10.0 Å². The number of hydrogen-bond donors (Lipinski definition) is 0. The lowest BCUT2D eigenvalue weighted by Crippen LogP contribution is -2.78. The lowest BCUT2D eigenvalue weighted by atomic mass is 9.77. The molecule has 0 bridgehead atoms. The van der Waals surface area contributed by atoms with Crippen molar-refractivity contribution in [3.05, 3.63) is 52.3 Å². The Morgan fingerprint density at radius 2 is 1.96 bits per heavy atom. The van der Waals surface area contributed by atoms with E-state index in [9.17, 15) is 4.79 Å². The number of likely N-dealkylation sites (tertiary alicyclic amines) is 1. The van der Waals surface area contributed by atoms with Gasteiger partial charge in [0.05, 0.1) is 5.54 Å². The van der Waals surface area contributed by atoms with Crippen molar-refractivity contribution in [1.82, 2.24) is 14.9 Å². The van der Waals surface area contributed by atoms with Crippen LogP contribution in [-0.2, 0) is 11.2 Å². The van der Waals surface area contributed by atoms with E-state index in [1.165, 1.54) is 0 Å². The van der Waals surface area contributed by atoms with Gasteiger partial charge in [0.1, 0.15) is 0 Å². The Hall–Kier alpha value is -1.85. The normalized spacial score (nSPS) is 18.0. The summed E-state index contributed by atoms with van der Waals surface area (Å²) in [6.07, 6.45) is 5.68. The van der Waals surface area contributed by atoms with Gasteiger partial charge in [-0.2, -0.15) is 0 Å². The number of nitrogens with zero attached hydrogens (tertiary/aromatic N) is 4. The molecule has 2 aromatic rings. The number of hydrogen-bond acceptors (Lipinski definition) is 4. The highest BCUT2D eigenvalue weighted by atomic mass is 35.5. The van der Waals surface area contributed by atoms with Crippen LogP contribution in [0.3, 0.4) is 0 Å². The SMILES string of the molecule is O=C(CCc1ccc(Cl)cc1Cl)N1CC2(CCN2c2ncccn2)C1. The van der Waals surface area contributed by atoms with Gasteiger partial charge in [0, 0.05) is 48.5 Å². The first-order valence-electron chi connectivity index (χ1n) is 8.34. The number of carbonyl (C=O) groups is 1. The summed E-state index contributed by atoms with van der Waals surface area (Å²) < 4.78 is 0. The summed E-state index contributed by atoms with van der Waals surface area (Å²) in [6, 6.07) is 7.22. The van der Waals surface area contributed by atoms with E-state index in [1.807, 2.05) is 17.0 Å². The largest absolute Gasteiger partial charge is 0.338 e. The third-order valence-electron chi connectivity index (χ3n) is 5.11. The molecule has 0 radical (unpaired) electrons. The second-order valence-electron chi connectivity index (χ2n) is 6.66. The number of anilines is 1. The molecule has 1 amide bonds. The molecule has 5 nitrogen and oxygen atoms in total. The summed E-state index contributed by atoms with van der Waals surface area (Å²) in [4.78, 5) is 25.2. The lowest BCUT2D eigenvalue weighted by Gasteiger charge is -2.62. The van der Waals surface area contributed by atoms with Gasteiger partial charge in [0.25, 0.3) is 0 Å². The van der Waals surface area contributed by atoms with Gasteiger partial charge < -0.3 is 9.80 Å². The topological polar surface area (TPSA) is 49.3 Å². The van der Waals surface area contributed by atoms with E-state index in [1.54, 1.807) is 24.5 Å². The first-order valence-corrected chi connectivity index (χ1v) is 9.09. The maximum absolute atomic E-state index is 12.5. The Balaban J connectivity index is 1.32. The molecule has 1 spiro atoms. The van der Waals surface area contributed by atoms with Crippen LogP contribution < -0.4 is 4.90 Å². The fraction of sp³-hybridized carbons (Fsp3) is 0.389. The molecule has 4 rings (SSSR count). The number of amides is 1. The number of rotatable bonds is 4. The third-order valence-corrected chi connectivity index (χ3v) is 5.70. The zero-order valence-corrected chi connectivity index (χ0v) is 15.2. The quantitative estimate of drug-likeness (QED) is 0.821. The van der Waals surface area contributed by atoms with Crippen molar-refractivity contribution in [3.8, 4) is 0 Å². The van der Waals surface area contributed by atoms with E-state index in [0.717, 1.165) is 37.6 Å². The number of aromatic nitrogens is 2. The first-order chi connectivity index (χ1) is 12.1. The Labute approximate surface area is 156 Å². The fourth-order valence-electron chi connectivity index (χ4n) is 3.58. The van der Waals surface area contributed by atoms with Gasteiger partial charge in [-0.15, -0.1) is 0 Å². The zero-order valence-electron chi connectivity index (χ0n) is 13.7. The molecule has 0 aliphatic carbocycles. The molecule has 2 saturated heterocycles. The molecule has 130 valence electrons. The standard InChI is InChI=1S/C18H18Cl2N4O/c19-14-4-2-13(15(20)10-14)3-5-16(25)23-11-18(12-23)6-9-24(18)17-21-7-1-8-22-17/h1-2,4,7-8,10H,3,5-6,9,11-12H2. The van der Waals surface area contributed by atoms with Crippen LogP contribution in [-0.4, -0.2) is 45.9 Å². The number of aryl methyl sites for hydroxylation is 1. The molecule has 7 heteroatoms. The first kappa shape index (κ1) is 16.6. The maximum Gasteiger partial charge on any atom is 0.225 e. The second kappa shape index (κ2) is 6.46. The summed E-state index contributed by atoms with van der Waals surface area (Å²) >= 11 is 12.1. The summed E-state index contributed by atoms with van der Waals surface area (Å²) in [5, 5.41) is 1.23. The number of carbonyl (C=O) groups excluding carboxylic acids is 1. The monoisotopic (exact) mass is 376 g/mol. The molecule has 0 saturated carbocycles. The van der Waals surface area contributed by atoms with Gasteiger partial charge in [0.2, 0.25) is 11.9 Å². The Kier molecular flexibility index (Phi) is 4.29. The highest BCUT2D eigenvalue weighted by Gasteiger charge is 2.55. The van der Waals surface area contributed by atoms with Crippen LogP contribution in [0.5, 0.6) is 0 Å². The minimum Gasteiger partial charge on any atom is -0.338 e. The second-order valence-corrected chi connectivity index (χ2v) is 7.50. The minimum absolute atomic E-state index is 0.0366. The molecule has 1 aromatic carbocycles.